The first-order chi connectivity index (χ1) is 13.9. The monoisotopic (exact) mass is 456 g/mol. The fourth-order valence-corrected chi connectivity index (χ4v) is 4.51. The first kappa shape index (κ1) is 22.0. The van der Waals surface area contributed by atoms with Gasteiger partial charge in [-0.1, -0.05) is 73.3 Å². The minimum Gasteiger partial charge on any atom is -0.508 e. The van der Waals surface area contributed by atoms with Gasteiger partial charge in [0.05, 0.1) is 0 Å². The second-order valence-corrected chi connectivity index (χ2v) is 9.21. The van der Waals surface area contributed by atoms with Crippen molar-refractivity contribution in [2.45, 2.75) is 77.4 Å². The van der Waals surface area contributed by atoms with E-state index >= 15 is 0 Å². The molecule has 2 aromatic carbocycles. The maximum Gasteiger partial charge on any atom is 0.120 e. The van der Waals surface area contributed by atoms with Crippen LogP contribution >= 0.6 is 15.9 Å². The summed E-state index contributed by atoms with van der Waals surface area (Å²) in [7, 11) is 0. The van der Waals surface area contributed by atoms with Crippen LogP contribution in [-0.4, -0.2) is 16.5 Å². The number of phenolic OH excluding ortho intramolecular Hbond substituents is 1. The van der Waals surface area contributed by atoms with Crippen molar-refractivity contribution in [1.29, 1.82) is 0 Å². The van der Waals surface area contributed by atoms with E-state index in [9.17, 15) is 5.11 Å². The summed E-state index contributed by atoms with van der Waals surface area (Å²) >= 11 is 3.56. The van der Waals surface area contributed by atoms with E-state index in [1.54, 1.807) is 6.07 Å². The topological polar surface area (TPSA) is 44.6 Å². The lowest BCUT2D eigenvalue weighted by Crippen LogP contribution is -2.47. The Labute approximate surface area is 183 Å². The van der Waals surface area contributed by atoms with E-state index in [0.717, 1.165) is 41.4 Å². The predicted octanol–water partition coefficient (Wildman–Crippen LogP) is 6.93. The summed E-state index contributed by atoms with van der Waals surface area (Å²) in [6, 6.07) is 14.5. The zero-order valence-electron chi connectivity index (χ0n) is 17.8. The third-order valence-corrected chi connectivity index (χ3v) is 6.34. The molecule has 2 aromatic rings. The number of aryl methyl sites for hydroxylation is 1. The highest BCUT2D eigenvalue weighted by molar-refractivity contribution is 9.10. The van der Waals surface area contributed by atoms with Crippen LogP contribution in [0.2, 0.25) is 0 Å². The molecule has 0 amide bonds. The third-order valence-electron chi connectivity index (χ3n) is 5.84. The summed E-state index contributed by atoms with van der Waals surface area (Å²) < 4.78 is 0.980. The Kier molecular flexibility index (Phi) is 7.53. The van der Waals surface area contributed by atoms with Crippen molar-refractivity contribution in [2.75, 3.05) is 0 Å². The van der Waals surface area contributed by atoms with Gasteiger partial charge >= 0.3 is 0 Å². The van der Waals surface area contributed by atoms with Crippen LogP contribution in [-0.2, 0) is 6.42 Å². The van der Waals surface area contributed by atoms with Crippen LogP contribution in [0, 0.1) is 0 Å². The molecule has 0 radical (unpaired) electrons. The van der Waals surface area contributed by atoms with Gasteiger partial charge < -0.3 is 5.11 Å². The fraction of sp³-hybridized carbons (Fsp3) is 0.480. The largest absolute Gasteiger partial charge is 0.508 e. The van der Waals surface area contributed by atoms with Crippen molar-refractivity contribution in [3.63, 3.8) is 0 Å². The van der Waals surface area contributed by atoms with E-state index in [2.05, 4.69) is 66.3 Å². The van der Waals surface area contributed by atoms with Crippen LogP contribution in [0.1, 0.15) is 82.0 Å². The molecule has 2 N–H and O–H groups in total. The molecule has 1 heterocycles. The summed E-state index contributed by atoms with van der Waals surface area (Å²) in [4.78, 5) is 5.18. The third kappa shape index (κ3) is 5.70. The van der Waals surface area contributed by atoms with E-state index in [1.807, 2.05) is 12.1 Å². The molecule has 0 aromatic heterocycles. The molecule has 3 rings (SSSR count). The van der Waals surface area contributed by atoms with E-state index in [0.29, 0.717) is 5.75 Å². The summed E-state index contributed by atoms with van der Waals surface area (Å²) in [6.07, 6.45) is 7.68. The number of aromatic hydroxyl groups is 1. The number of rotatable bonds is 8. The number of unbranched alkanes of at least 4 members (excludes halogenated alkanes) is 3. The summed E-state index contributed by atoms with van der Waals surface area (Å²) in [6.45, 7) is 6.61. The number of phenols is 1. The van der Waals surface area contributed by atoms with Gasteiger partial charge in [0.15, 0.2) is 0 Å². The average molecular weight is 457 g/mol. The van der Waals surface area contributed by atoms with E-state index < -0.39 is 0 Å². The maximum atomic E-state index is 10.5. The van der Waals surface area contributed by atoms with Crippen molar-refractivity contribution in [2.24, 2.45) is 4.99 Å². The Bertz CT molecular complexity index is 846. The number of benzene rings is 2. The van der Waals surface area contributed by atoms with Crippen molar-refractivity contribution in [3.8, 4) is 5.75 Å². The van der Waals surface area contributed by atoms with Gasteiger partial charge in [-0.05, 0) is 55.5 Å². The number of hydrogen-bond acceptors (Lipinski definition) is 3. The maximum absolute atomic E-state index is 10.5. The van der Waals surface area contributed by atoms with Crippen LogP contribution in [0.5, 0.6) is 5.75 Å². The lowest BCUT2D eigenvalue weighted by atomic mass is 9.90. The summed E-state index contributed by atoms with van der Waals surface area (Å²) in [5, 5.41) is 14.3. The normalized spacial score (nSPS) is 21.8. The first-order valence-electron chi connectivity index (χ1n) is 10.9. The average Bonchev–Trinajstić information content (AvgIpc) is 2.72. The smallest absolute Gasteiger partial charge is 0.120 e. The predicted molar refractivity (Wildman–Crippen MR) is 126 cm³/mol. The second-order valence-electron chi connectivity index (χ2n) is 8.30. The zero-order valence-corrected chi connectivity index (χ0v) is 19.4. The zero-order chi connectivity index (χ0) is 20.9. The van der Waals surface area contributed by atoms with Gasteiger partial charge in [0.25, 0.3) is 0 Å². The Morgan fingerprint density at radius 3 is 2.55 bits per heavy atom. The van der Waals surface area contributed by atoms with Crippen molar-refractivity contribution in [1.82, 2.24) is 5.32 Å². The molecular formula is C25H33BrN2O. The van der Waals surface area contributed by atoms with Crippen molar-refractivity contribution in [3.05, 3.63) is 63.6 Å². The van der Waals surface area contributed by atoms with Gasteiger partial charge in [-0.25, -0.2) is 0 Å². The number of halogens is 1. The quantitative estimate of drug-likeness (QED) is 0.422. The van der Waals surface area contributed by atoms with Gasteiger partial charge in [0, 0.05) is 28.2 Å². The lowest BCUT2D eigenvalue weighted by molar-refractivity contribution is 0.277. The van der Waals surface area contributed by atoms with Gasteiger partial charge in [0.2, 0.25) is 0 Å². The number of aliphatic imine (C=N–C) groups is 1. The molecule has 2 atom stereocenters. The Morgan fingerprint density at radius 2 is 1.86 bits per heavy atom. The lowest BCUT2D eigenvalue weighted by Gasteiger charge is -2.38. The second kappa shape index (κ2) is 9.90. The minimum absolute atomic E-state index is 0.0297. The molecule has 0 spiro atoms. The van der Waals surface area contributed by atoms with Gasteiger partial charge in [0.1, 0.15) is 11.4 Å². The Morgan fingerprint density at radius 1 is 1.10 bits per heavy atom. The molecule has 4 heteroatoms. The molecule has 156 valence electrons. The summed E-state index contributed by atoms with van der Waals surface area (Å²) in [5.41, 5.74) is 4.24. The van der Waals surface area contributed by atoms with Crippen LogP contribution < -0.4 is 5.32 Å². The molecule has 3 nitrogen and oxygen atoms in total. The van der Waals surface area contributed by atoms with Crippen LogP contribution in [0.3, 0.4) is 0 Å². The first-order valence-corrected chi connectivity index (χ1v) is 11.7. The van der Waals surface area contributed by atoms with Crippen LogP contribution in [0.4, 0.5) is 0 Å². The number of nitrogens with one attached hydrogen (secondary N) is 1. The molecule has 1 aliphatic rings. The highest BCUT2D eigenvalue weighted by Gasteiger charge is 2.34. The minimum atomic E-state index is -0.329. The molecule has 1 aliphatic heterocycles. The number of nitrogens with zero attached hydrogens (tertiary/aromatic N) is 1. The molecule has 0 saturated heterocycles. The van der Waals surface area contributed by atoms with E-state index in [1.165, 1.54) is 30.4 Å². The van der Waals surface area contributed by atoms with Gasteiger partial charge in [-0.2, -0.15) is 0 Å². The SMILES string of the molecule is CCCCCC[C@]1(C)N=C(c2ccc(CC)cc2)C[C@@H](c2cc(Br)ccc2O)N1. The molecule has 0 aliphatic carbocycles. The Balaban J connectivity index is 1.92. The van der Waals surface area contributed by atoms with E-state index in [-0.39, 0.29) is 11.7 Å². The summed E-state index contributed by atoms with van der Waals surface area (Å²) in [5.74, 6) is 0.335. The van der Waals surface area contributed by atoms with Crippen LogP contribution in [0.25, 0.3) is 0 Å². The van der Waals surface area contributed by atoms with Crippen molar-refractivity contribution < 1.29 is 5.11 Å². The van der Waals surface area contributed by atoms with Gasteiger partial charge in [-0.15, -0.1) is 0 Å². The van der Waals surface area contributed by atoms with Crippen molar-refractivity contribution >= 4 is 21.6 Å². The van der Waals surface area contributed by atoms with E-state index in [4.69, 9.17) is 4.99 Å². The van der Waals surface area contributed by atoms with Gasteiger partial charge in [-0.3, -0.25) is 10.3 Å². The molecule has 0 saturated carbocycles. The molecule has 0 unspecified atom stereocenters. The molecule has 29 heavy (non-hydrogen) atoms. The van der Waals surface area contributed by atoms with Crippen LogP contribution in [0.15, 0.2) is 51.9 Å². The molecular weight excluding hydrogens is 424 g/mol. The highest BCUT2D eigenvalue weighted by atomic mass is 79.9. The fourth-order valence-electron chi connectivity index (χ4n) is 4.13. The Hall–Kier alpha value is -1.65. The molecule has 0 bridgehead atoms. The molecule has 0 fully saturated rings. The highest BCUT2D eigenvalue weighted by Crippen LogP contribution is 2.36. The number of hydrogen-bond donors (Lipinski definition) is 2. The standard InChI is InChI=1S/C25H33BrN2O/c1-4-6-7-8-15-25(3)27-22(19-11-9-18(5-2)10-12-19)17-23(28-25)21-16-20(26)13-14-24(21)29/h9-14,16,23,28-29H,4-8,15,17H2,1-3H3/t23-,25+/m0/s1.